The van der Waals surface area contributed by atoms with E-state index in [9.17, 15) is 9.59 Å². The van der Waals surface area contributed by atoms with E-state index in [1.807, 2.05) is 30.0 Å². The van der Waals surface area contributed by atoms with E-state index in [0.717, 1.165) is 37.0 Å². The molecular formula is C17H18N4O2. The first-order valence-corrected chi connectivity index (χ1v) is 8.00. The van der Waals surface area contributed by atoms with Crippen molar-refractivity contribution in [3.05, 3.63) is 46.4 Å². The molecule has 0 spiro atoms. The molecule has 0 bridgehead atoms. The number of carbonyl (C=O) groups excluding carboxylic acids is 1. The van der Waals surface area contributed by atoms with Gasteiger partial charge in [0.2, 0.25) is 0 Å². The molecule has 0 radical (unpaired) electrons. The number of aromatic nitrogens is 3. The fourth-order valence-electron chi connectivity index (χ4n) is 3.37. The number of hydrogen-bond acceptors (Lipinski definition) is 3. The lowest BCUT2D eigenvalue weighted by Crippen LogP contribution is -2.28. The summed E-state index contributed by atoms with van der Waals surface area (Å²) in [5, 5.41) is 4.24. The van der Waals surface area contributed by atoms with Gasteiger partial charge in [-0.2, -0.15) is 5.10 Å². The average molecular weight is 310 g/mol. The van der Waals surface area contributed by atoms with E-state index in [1.165, 1.54) is 0 Å². The number of rotatable bonds is 2. The number of benzene rings is 1. The number of fused-ring (bicyclic) bond motifs is 3. The van der Waals surface area contributed by atoms with Gasteiger partial charge in [0.15, 0.2) is 0 Å². The van der Waals surface area contributed by atoms with Crippen LogP contribution in [0.1, 0.15) is 30.1 Å². The summed E-state index contributed by atoms with van der Waals surface area (Å²) in [5.74, 6) is 0.0417. The molecule has 4 rings (SSSR count). The highest BCUT2D eigenvalue weighted by Gasteiger charge is 2.20. The SMILES string of the molecule is CCn1c(=O)c2ccnn2c2ccc(C(=O)N3CCCC3)cc21. The summed E-state index contributed by atoms with van der Waals surface area (Å²) in [7, 11) is 0. The summed E-state index contributed by atoms with van der Waals surface area (Å²) in [6.07, 6.45) is 3.75. The maximum Gasteiger partial charge on any atom is 0.277 e. The van der Waals surface area contributed by atoms with Crippen molar-refractivity contribution in [1.82, 2.24) is 19.1 Å². The Balaban J connectivity index is 1.95. The van der Waals surface area contributed by atoms with Crippen molar-refractivity contribution in [2.75, 3.05) is 13.1 Å². The molecule has 1 fully saturated rings. The predicted octanol–water partition coefficient (Wildman–Crippen LogP) is 1.91. The quantitative estimate of drug-likeness (QED) is 0.726. The first kappa shape index (κ1) is 14.0. The molecule has 0 atom stereocenters. The van der Waals surface area contributed by atoms with Gasteiger partial charge in [-0.1, -0.05) is 0 Å². The zero-order valence-corrected chi connectivity index (χ0v) is 13.0. The van der Waals surface area contributed by atoms with E-state index < -0.39 is 0 Å². The van der Waals surface area contributed by atoms with Crippen molar-refractivity contribution in [3.63, 3.8) is 0 Å². The van der Waals surface area contributed by atoms with Gasteiger partial charge in [-0.05, 0) is 44.0 Å². The van der Waals surface area contributed by atoms with Gasteiger partial charge in [-0.15, -0.1) is 0 Å². The van der Waals surface area contributed by atoms with Crippen LogP contribution >= 0.6 is 0 Å². The standard InChI is InChI=1S/C17H18N4O2/c1-2-20-15-11-12(16(22)19-9-3-4-10-19)5-6-13(15)21-14(17(20)23)7-8-18-21/h5-8,11H,2-4,9-10H2,1H3. The van der Waals surface area contributed by atoms with Crippen LogP contribution in [0.4, 0.5) is 0 Å². The van der Waals surface area contributed by atoms with Crippen LogP contribution in [0.25, 0.3) is 16.6 Å². The summed E-state index contributed by atoms with van der Waals surface area (Å²) in [6, 6.07) is 7.25. The highest BCUT2D eigenvalue weighted by Crippen LogP contribution is 2.19. The third kappa shape index (κ3) is 2.05. The minimum Gasteiger partial charge on any atom is -0.339 e. The second-order valence-corrected chi connectivity index (χ2v) is 5.88. The van der Waals surface area contributed by atoms with Crippen molar-refractivity contribution in [3.8, 4) is 0 Å². The Morgan fingerprint density at radius 3 is 2.65 bits per heavy atom. The molecule has 3 aromatic rings. The van der Waals surface area contributed by atoms with Gasteiger partial charge in [0.05, 0.1) is 17.2 Å². The van der Waals surface area contributed by atoms with Gasteiger partial charge in [0.25, 0.3) is 11.5 Å². The van der Waals surface area contributed by atoms with Gasteiger partial charge in [0.1, 0.15) is 5.52 Å². The van der Waals surface area contributed by atoms with Crippen molar-refractivity contribution >= 4 is 22.5 Å². The first-order valence-electron chi connectivity index (χ1n) is 8.00. The van der Waals surface area contributed by atoms with Gasteiger partial charge >= 0.3 is 0 Å². The second kappa shape index (κ2) is 5.22. The molecule has 1 aliphatic heterocycles. The minimum atomic E-state index is -0.0803. The molecule has 0 aliphatic carbocycles. The molecule has 1 aromatic carbocycles. The van der Waals surface area contributed by atoms with Crippen LogP contribution in [0.5, 0.6) is 0 Å². The highest BCUT2D eigenvalue weighted by atomic mass is 16.2. The van der Waals surface area contributed by atoms with Crippen molar-refractivity contribution in [2.45, 2.75) is 26.3 Å². The Hall–Kier alpha value is -2.63. The normalized spacial score (nSPS) is 14.9. The van der Waals surface area contributed by atoms with Gasteiger partial charge in [-0.3, -0.25) is 9.59 Å². The number of nitrogens with zero attached hydrogens (tertiary/aromatic N) is 4. The van der Waals surface area contributed by atoms with Crippen molar-refractivity contribution in [1.29, 1.82) is 0 Å². The molecule has 1 amide bonds. The van der Waals surface area contributed by atoms with Crippen molar-refractivity contribution in [2.24, 2.45) is 0 Å². The monoisotopic (exact) mass is 310 g/mol. The van der Waals surface area contributed by atoms with Crippen LogP contribution < -0.4 is 5.56 Å². The van der Waals surface area contributed by atoms with Crippen LogP contribution in [0.2, 0.25) is 0 Å². The van der Waals surface area contributed by atoms with E-state index in [4.69, 9.17) is 0 Å². The lowest BCUT2D eigenvalue weighted by atomic mass is 10.1. The topological polar surface area (TPSA) is 59.6 Å². The summed E-state index contributed by atoms with van der Waals surface area (Å²) in [5.41, 5.74) is 2.69. The number of hydrogen-bond donors (Lipinski definition) is 0. The van der Waals surface area contributed by atoms with Gasteiger partial charge < -0.3 is 9.47 Å². The lowest BCUT2D eigenvalue weighted by Gasteiger charge is -2.16. The lowest BCUT2D eigenvalue weighted by molar-refractivity contribution is 0.0793. The van der Waals surface area contributed by atoms with E-state index in [2.05, 4.69) is 5.10 Å². The summed E-state index contributed by atoms with van der Waals surface area (Å²) in [4.78, 5) is 27.1. The van der Waals surface area contributed by atoms with Crippen molar-refractivity contribution < 1.29 is 4.79 Å². The Morgan fingerprint density at radius 2 is 1.91 bits per heavy atom. The smallest absolute Gasteiger partial charge is 0.277 e. The van der Waals surface area contributed by atoms with Crippen LogP contribution in [-0.2, 0) is 6.54 Å². The fraction of sp³-hybridized carbons (Fsp3) is 0.353. The second-order valence-electron chi connectivity index (χ2n) is 5.88. The molecule has 0 N–H and O–H groups in total. The molecule has 1 saturated heterocycles. The van der Waals surface area contributed by atoms with Crippen LogP contribution in [0.3, 0.4) is 0 Å². The fourth-order valence-corrected chi connectivity index (χ4v) is 3.37. The molecule has 3 heterocycles. The highest BCUT2D eigenvalue weighted by molar-refractivity contribution is 5.97. The summed E-state index contributed by atoms with van der Waals surface area (Å²) < 4.78 is 3.35. The number of likely N-dealkylation sites (tertiary alicyclic amines) is 1. The third-order valence-corrected chi connectivity index (χ3v) is 4.56. The van der Waals surface area contributed by atoms with E-state index in [0.29, 0.717) is 17.6 Å². The van der Waals surface area contributed by atoms with Crippen LogP contribution in [0, 0.1) is 0 Å². The molecule has 2 aromatic heterocycles. The Kier molecular flexibility index (Phi) is 3.18. The molecule has 6 heteroatoms. The molecule has 1 aliphatic rings. The molecule has 118 valence electrons. The largest absolute Gasteiger partial charge is 0.339 e. The van der Waals surface area contributed by atoms with Gasteiger partial charge in [0, 0.05) is 25.2 Å². The summed E-state index contributed by atoms with van der Waals surface area (Å²) in [6.45, 7) is 4.12. The Morgan fingerprint density at radius 1 is 1.13 bits per heavy atom. The van der Waals surface area contributed by atoms with E-state index >= 15 is 0 Å². The average Bonchev–Trinajstić information content (AvgIpc) is 3.26. The first-order chi connectivity index (χ1) is 11.2. The number of amides is 1. The maximum absolute atomic E-state index is 12.6. The molecule has 6 nitrogen and oxygen atoms in total. The number of carbonyl (C=O) groups is 1. The van der Waals surface area contributed by atoms with Crippen LogP contribution in [0.15, 0.2) is 35.3 Å². The minimum absolute atomic E-state index is 0.0417. The predicted molar refractivity (Wildman–Crippen MR) is 87.8 cm³/mol. The van der Waals surface area contributed by atoms with Gasteiger partial charge in [-0.25, -0.2) is 4.52 Å². The molecule has 0 saturated carbocycles. The number of aryl methyl sites for hydroxylation is 1. The molecule has 0 unspecified atom stereocenters. The van der Waals surface area contributed by atoms with E-state index in [1.54, 1.807) is 21.3 Å². The molecular weight excluding hydrogens is 292 g/mol. The zero-order valence-electron chi connectivity index (χ0n) is 13.0. The third-order valence-electron chi connectivity index (χ3n) is 4.56. The Labute approximate surface area is 132 Å². The zero-order chi connectivity index (χ0) is 16.0. The summed E-state index contributed by atoms with van der Waals surface area (Å²) >= 11 is 0. The molecule has 23 heavy (non-hydrogen) atoms. The Bertz CT molecular complexity index is 964. The van der Waals surface area contributed by atoms with E-state index in [-0.39, 0.29) is 11.5 Å². The van der Waals surface area contributed by atoms with Crippen LogP contribution in [-0.4, -0.2) is 38.1 Å². The maximum atomic E-state index is 12.6.